The Morgan fingerprint density at radius 2 is 2.10 bits per heavy atom. The molecule has 0 radical (unpaired) electrons. The Kier molecular flexibility index (Phi) is 4.67. The summed E-state index contributed by atoms with van der Waals surface area (Å²) < 4.78 is 5.16. The fourth-order valence-electron chi connectivity index (χ4n) is 1.38. The number of carbonyl (C=O) groups is 3. The van der Waals surface area contributed by atoms with Crippen LogP contribution in [0.25, 0.3) is 10.8 Å². The molecule has 0 saturated carbocycles. The number of carboxylic acids is 1. The molecule has 0 aliphatic carbocycles. The molecule has 21 heavy (non-hydrogen) atoms. The molecule has 0 bridgehead atoms. The van der Waals surface area contributed by atoms with Crippen LogP contribution in [0.4, 0.5) is 0 Å². The van der Waals surface area contributed by atoms with E-state index in [0.717, 1.165) is 0 Å². The first-order valence-corrected chi connectivity index (χ1v) is 6.70. The van der Waals surface area contributed by atoms with Gasteiger partial charge < -0.3 is 20.2 Å². The molecule has 2 heterocycles. The monoisotopic (exact) mass is 309 g/mol. The molecule has 2 aromatic rings. The Bertz CT molecular complexity index is 650. The number of aromatic nitrogens is 1. The molecule has 2 amide bonds. The maximum Gasteiger partial charge on any atom is 0.322 e. The third-order valence-electron chi connectivity index (χ3n) is 2.32. The lowest BCUT2D eigenvalue weighted by Crippen LogP contribution is -2.39. The van der Waals surface area contributed by atoms with Gasteiger partial charge in [-0.1, -0.05) is 0 Å². The van der Waals surface area contributed by atoms with E-state index in [1.165, 1.54) is 17.6 Å². The van der Waals surface area contributed by atoms with E-state index < -0.39 is 24.3 Å². The topological polar surface area (TPSA) is 122 Å². The molecule has 0 atom stereocenters. The van der Waals surface area contributed by atoms with E-state index in [4.69, 9.17) is 9.52 Å². The summed E-state index contributed by atoms with van der Waals surface area (Å²) in [5, 5.41) is 15.0. The first-order valence-electron chi connectivity index (χ1n) is 5.82. The van der Waals surface area contributed by atoms with Gasteiger partial charge in [0, 0.05) is 5.38 Å². The third-order valence-corrected chi connectivity index (χ3v) is 3.17. The van der Waals surface area contributed by atoms with E-state index in [9.17, 15) is 14.4 Å². The van der Waals surface area contributed by atoms with Crippen LogP contribution in [-0.2, 0) is 9.59 Å². The van der Waals surface area contributed by atoms with Gasteiger partial charge in [0.25, 0.3) is 5.91 Å². The van der Waals surface area contributed by atoms with E-state index in [-0.39, 0.29) is 12.2 Å². The number of carbonyl (C=O) groups excluding carboxylic acids is 2. The summed E-state index contributed by atoms with van der Waals surface area (Å²) in [5.74, 6) is -1.71. The zero-order chi connectivity index (χ0) is 15.2. The molecule has 8 nitrogen and oxygen atoms in total. The number of hydrogen-bond acceptors (Lipinski definition) is 6. The van der Waals surface area contributed by atoms with Gasteiger partial charge in [-0.05, 0) is 12.1 Å². The summed E-state index contributed by atoms with van der Waals surface area (Å²) in [6, 6.07) is 3.43. The summed E-state index contributed by atoms with van der Waals surface area (Å²) in [6.45, 7) is -0.812. The standard InChI is InChI=1S/C12H11N3O5S/c16-9(13-5-10(17)18)4-14-11(19)7-6-21-12(15-7)8-2-1-3-20-8/h1-3,6H,4-5H2,(H,13,16)(H,14,19)(H,17,18). The lowest BCUT2D eigenvalue weighted by Gasteiger charge is -2.03. The van der Waals surface area contributed by atoms with E-state index in [1.807, 2.05) is 0 Å². The molecule has 9 heteroatoms. The van der Waals surface area contributed by atoms with Crippen LogP contribution in [0.1, 0.15) is 10.5 Å². The highest BCUT2D eigenvalue weighted by Gasteiger charge is 2.14. The largest absolute Gasteiger partial charge is 0.480 e. The van der Waals surface area contributed by atoms with Crippen molar-refractivity contribution in [1.29, 1.82) is 0 Å². The van der Waals surface area contributed by atoms with Gasteiger partial charge in [0.1, 0.15) is 12.2 Å². The van der Waals surface area contributed by atoms with Crippen molar-refractivity contribution in [1.82, 2.24) is 15.6 Å². The number of nitrogens with one attached hydrogen (secondary N) is 2. The minimum absolute atomic E-state index is 0.164. The summed E-state index contributed by atoms with van der Waals surface area (Å²) in [6.07, 6.45) is 1.50. The molecule has 0 aromatic carbocycles. The molecule has 3 N–H and O–H groups in total. The van der Waals surface area contributed by atoms with E-state index in [0.29, 0.717) is 10.8 Å². The number of furan rings is 1. The Balaban J connectivity index is 1.86. The minimum Gasteiger partial charge on any atom is -0.480 e. The molecule has 2 rings (SSSR count). The zero-order valence-electron chi connectivity index (χ0n) is 10.7. The highest BCUT2D eigenvalue weighted by Crippen LogP contribution is 2.23. The molecule has 0 aliphatic heterocycles. The van der Waals surface area contributed by atoms with Gasteiger partial charge in [0.2, 0.25) is 5.91 Å². The zero-order valence-corrected chi connectivity index (χ0v) is 11.5. The first kappa shape index (κ1) is 14.7. The van der Waals surface area contributed by atoms with E-state index >= 15 is 0 Å². The molecule has 2 aromatic heterocycles. The summed E-state index contributed by atoms with van der Waals surface area (Å²) >= 11 is 1.24. The predicted octanol–water partition coefficient (Wildman–Crippen LogP) is 0.334. The highest BCUT2D eigenvalue weighted by molar-refractivity contribution is 7.13. The highest BCUT2D eigenvalue weighted by atomic mass is 32.1. The molecule has 110 valence electrons. The number of thiazole rings is 1. The maximum absolute atomic E-state index is 11.8. The van der Waals surface area contributed by atoms with E-state index in [1.54, 1.807) is 17.5 Å². The van der Waals surface area contributed by atoms with Crippen LogP contribution in [0.2, 0.25) is 0 Å². The normalized spacial score (nSPS) is 10.1. The second-order valence-electron chi connectivity index (χ2n) is 3.87. The maximum atomic E-state index is 11.8. The molecule has 0 fully saturated rings. The predicted molar refractivity (Wildman–Crippen MR) is 72.8 cm³/mol. The average Bonchev–Trinajstić information content (AvgIpc) is 3.11. The Labute approximate surface area is 122 Å². The van der Waals surface area contributed by atoms with Crippen molar-refractivity contribution >= 4 is 29.1 Å². The van der Waals surface area contributed by atoms with Crippen molar-refractivity contribution in [2.24, 2.45) is 0 Å². The lowest BCUT2D eigenvalue weighted by molar-refractivity contribution is -0.137. The van der Waals surface area contributed by atoms with Gasteiger partial charge in [0.05, 0.1) is 12.8 Å². The third kappa shape index (κ3) is 4.14. The Morgan fingerprint density at radius 1 is 1.29 bits per heavy atom. The van der Waals surface area contributed by atoms with Gasteiger partial charge in [-0.25, -0.2) is 4.98 Å². The quantitative estimate of drug-likeness (QED) is 0.707. The van der Waals surface area contributed by atoms with Crippen LogP contribution in [-0.4, -0.2) is 41.0 Å². The molecular formula is C12H11N3O5S. The Hall–Kier alpha value is -2.68. The Morgan fingerprint density at radius 3 is 2.76 bits per heavy atom. The van der Waals surface area contributed by atoms with Crippen molar-refractivity contribution in [2.75, 3.05) is 13.1 Å². The van der Waals surface area contributed by atoms with Gasteiger partial charge in [0.15, 0.2) is 10.8 Å². The number of nitrogens with zero attached hydrogens (tertiary/aromatic N) is 1. The van der Waals surface area contributed by atoms with Gasteiger partial charge in [-0.3, -0.25) is 14.4 Å². The number of hydrogen-bond donors (Lipinski definition) is 3. The summed E-state index contributed by atoms with van der Waals surface area (Å²) in [7, 11) is 0. The number of amides is 2. The van der Waals surface area contributed by atoms with Crippen molar-refractivity contribution < 1.29 is 23.9 Å². The van der Waals surface area contributed by atoms with Crippen LogP contribution in [0, 0.1) is 0 Å². The second kappa shape index (κ2) is 6.66. The van der Waals surface area contributed by atoms with Gasteiger partial charge >= 0.3 is 5.97 Å². The number of carboxylic acid groups (broad SMARTS) is 1. The molecule has 0 aliphatic rings. The van der Waals surface area contributed by atoms with Crippen molar-refractivity contribution in [3.63, 3.8) is 0 Å². The SMILES string of the molecule is O=C(O)CNC(=O)CNC(=O)c1csc(-c2ccco2)n1. The van der Waals surface area contributed by atoms with Crippen LogP contribution >= 0.6 is 11.3 Å². The fraction of sp³-hybridized carbons (Fsp3) is 0.167. The molecule has 0 unspecified atom stereocenters. The van der Waals surface area contributed by atoms with Crippen LogP contribution in [0.5, 0.6) is 0 Å². The second-order valence-corrected chi connectivity index (χ2v) is 4.73. The number of aliphatic carboxylic acids is 1. The van der Waals surface area contributed by atoms with Crippen molar-refractivity contribution in [3.05, 3.63) is 29.5 Å². The summed E-state index contributed by atoms with van der Waals surface area (Å²) in [4.78, 5) is 37.4. The van der Waals surface area contributed by atoms with Crippen molar-refractivity contribution in [2.45, 2.75) is 0 Å². The minimum atomic E-state index is -1.16. The number of rotatable bonds is 6. The van der Waals surface area contributed by atoms with Gasteiger partial charge in [-0.15, -0.1) is 11.3 Å². The summed E-state index contributed by atoms with van der Waals surface area (Å²) in [5.41, 5.74) is 0.164. The molecular weight excluding hydrogens is 298 g/mol. The smallest absolute Gasteiger partial charge is 0.322 e. The lowest BCUT2D eigenvalue weighted by atomic mass is 10.4. The van der Waals surface area contributed by atoms with Crippen LogP contribution < -0.4 is 10.6 Å². The molecule has 0 saturated heterocycles. The van der Waals surface area contributed by atoms with Gasteiger partial charge in [-0.2, -0.15) is 0 Å². The average molecular weight is 309 g/mol. The van der Waals surface area contributed by atoms with E-state index in [2.05, 4.69) is 15.6 Å². The fourth-order valence-corrected chi connectivity index (χ4v) is 2.15. The first-order chi connectivity index (χ1) is 10.1. The molecule has 0 spiro atoms. The van der Waals surface area contributed by atoms with Crippen LogP contribution in [0.15, 0.2) is 28.2 Å². The van der Waals surface area contributed by atoms with Crippen molar-refractivity contribution in [3.8, 4) is 10.8 Å². The van der Waals surface area contributed by atoms with Crippen LogP contribution in [0.3, 0.4) is 0 Å².